The monoisotopic (exact) mass is 304 g/mol. The van der Waals surface area contributed by atoms with Crippen LogP contribution in [-0.4, -0.2) is 6.04 Å². The molecule has 2 N–H and O–H groups in total. The van der Waals surface area contributed by atoms with Gasteiger partial charge in [-0.25, -0.2) is 0 Å². The molecule has 3 rings (SSSR count). The lowest BCUT2D eigenvalue weighted by Crippen LogP contribution is -2.17. The first kappa shape index (κ1) is 15.4. The predicted molar refractivity (Wildman–Crippen MR) is 101 cm³/mol. The Morgan fingerprint density at radius 3 is 2.30 bits per heavy atom. The standard InChI is InChI=1S/C21H24N2/c1-15-4-7-18(8-5-15)22-19-9-11-20(12-10-19)23-21-13-6-16(2)14-17(21)3/h4-7,9-14,18,22-23H,8H2,1-3H3. The first-order valence-corrected chi connectivity index (χ1v) is 8.16. The van der Waals surface area contributed by atoms with Crippen LogP contribution in [0.2, 0.25) is 0 Å². The van der Waals surface area contributed by atoms with Gasteiger partial charge in [-0.1, -0.05) is 41.5 Å². The average Bonchev–Trinajstić information content (AvgIpc) is 2.54. The second kappa shape index (κ2) is 6.74. The molecule has 0 amide bonds. The Morgan fingerprint density at radius 1 is 0.913 bits per heavy atom. The number of allylic oxidation sites excluding steroid dienone is 2. The fraction of sp³-hybridized carbons (Fsp3) is 0.238. The third kappa shape index (κ3) is 4.04. The van der Waals surface area contributed by atoms with Crippen molar-refractivity contribution in [2.45, 2.75) is 33.2 Å². The van der Waals surface area contributed by atoms with Crippen molar-refractivity contribution in [1.29, 1.82) is 0 Å². The number of rotatable bonds is 4. The summed E-state index contributed by atoms with van der Waals surface area (Å²) < 4.78 is 0. The topological polar surface area (TPSA) is 24.1 Å². The molecule has 118 valence electrons. The van der Waals surface area contributed by atoms with E-state index in [1.165, 1.54) is 16.7 Å². The predicted octanol–water partition coefficient (Wildman–Crippen LogP) is 5.73. The number of nitrogens with one attached hydrogen (secondary N) is 2. The van der Waals surface area contributed by atoms with Crippen molar-refractivity contribution >= 4 is 17.1 Å². The first-order valence-electron chi connectivity index (χ1n) is 8.16. The lowest BCUT2D eigenvalue weighted by atomic mass is 10.0. The normalized spacial score (nSPS) is 16.8. The maximum atomic E-state index is 3.55. The van der Waals surface area contributed by atoms with Crippen molar-refractivity contribution < 1.29 is 0 Å². The highest BCUT2D eigenvalue weighted by Gasteiger charge is 2.07. The van der Waals surface area contributed by atoms with E-state index in [-0.39, 0.29) is 0 Å². The molecule has 0 aromatic heterocycles. The van der Waals surface area contributed by atoms with Gasteiger partial charge >= 0.3 is 0 Å². The highest BCUT2D eigenvalue weighted by atomic mass is 14.9. The van der Waals surface area contributed by atoms with Crippen molar-refractivity contribution in [1.82, 2.24) is 0 Å². The van der Waals surface area contributed by atoms with E-state index in [0.29, 0.717) is 6.04 Å². The maximum Gasteiger partial charge on any atom is 0.0482 e. The van der Waals surface area contributed by atoms with Crippen LogP contribution in [0.1, 0.15) is 24.5 Å². The van der Waals surface area contributed by atoms with Gasteiger partial charge in [0, 0.05) is 23.1 Å². The van der Waals surface area contributed by atoms with Gasteiger partial charge in [-0.15, -0.1) is 0 Å². The molecule has 0 aliphatic heterocycles. The third-order valence-corrected chi connectivity index (χ3v) is 4.18. The largest absolute Gasteiger partial charge is 0.379 e. The molecule has 0 radical (unpaired) electrons. The fourth-order valence-electron chi connectivity index (χ4n) is 2.81. The van der Waals surface area contributed by atoms with Gasteiger partial charge in [0.05, 0.1) is 0 Å². The Hall–Kier alpha value is -2.48. The van der Waals surface area contributed by atoms with Gasteiger partial charge in [0.15, 0.2) is 0 Å². The van der Waals surface area contributed by atoms with E-state index in [4.69, 9.17) is 0 Å². The molecule has 23 heavy (non-hydrogen) atoms. The Labute approximate surface area is 138 Å². The zero-order chi connectivity index (χ0) is 16.2. The SMILES string of the molecule is CC1=CCC(Nc2ccc(Nc3ccc(C)cc3C)cc2)C=C1. The van der Waals surface area contributed by atoms with Gasteiger partial charge in [0.25, 0.3) is 0 Å². The van der Waals surface area contributed by atoms with E-state index in [0.717, 1.165) is 23.5 Å². The van der Waals surface area contributed by atoms with E-state index in [1.807, 2.05) is 0 Å². The van der Waals surface area contributed by atoms with Crippen molar-refractivity contribution in [3.05, 3.63) is 77.4 Å². The van der Waals surface area contributed by atoms with Crippen LogP contribution in [0.4, 0.5) is 17.1 Å². The third-order valence-electron chi connectivity index (χ3n) is 4.18. The Bertz CT molecular complexity index is 739. The van der Waals surface area contributed by atoms with Gasteiger partial charge in [0.1, 0.15) is 0 Å². The molecule has 2 aromatic rings. The minimum Gasteiger partial charge on any atom is -0.379 e. The quantitative estimate of drug-likeness (QED) is 0.753. The molecule has 0 heterocycles. The molecular formula is C21H24N2. The van der Waals surface area contributed by atoms with E-state index >= 15 is 0 Å². The lowest BCUT2D eigenvalue weighted by molar-refractivity contribution is 0.874. The van der Waals surface area contributed by atoms with Crippen LogP contribution in [0.25, 0.3) is 0 Å². The molecule has 1 atom stereocenters. The fourth-order valence-corrected chi connectivity index (χ4v) is 2.81. The van der Waals surface area contributed by atoms with E-state index in [9.17, 15) is 0 Å². The summed E-state index contributed by atoms with van der Waals surface area (Å²) in [6.45, 7) is 6.39. The van der Waals surface area contributed by atoms with Crippen molar-refractivity contribution in [3.63, 3.8) is 0 Å². The zero-order valence-corrected chi connectivity index (χ0v) is 14.1. The van der Waals surface area contributed by atoms with Gasteiger partial charge in [-0.3, -0.25) is 0 Å². The van der Waals surface area contributed by atoms with Crippen LogP contribution < -0.4 is 10.6 Å². The molecule has 2 heteroatoms. The summed E-state index contributed by atoms with van der Waals surface area (Å²) in [5.74, 6) is 0. The Kier molecular flexibility index (Phi) is 4.52. The number of hydrogen-bond donors (Lipinski definition) is 2. The van der Waals surface area contributed by atoms with Crippen molar-refractivity contribution in [3.8, 4) is 0 Å². The molecular weight excluding hydrogens is 280 g/mol. The number of anilines is 3. The summed E-state index contributed by atoms with van der Waals surface area (Å²) in [7, 11) is 0. The van der Waals surface area contributed by atoms with Crippen LogP contribution in [0.5, 0.6) is 0 Å². The Balaban J connectivity index is 1.64. The summed E-state index contributed by atoms with van der Waals surface area (Å²) in [4.78, 5) is 0. The van der Waals surface area contributed by atoms with Crippen LogP contribution in [0.15, 0.2) is 66.3 Å². The van der Waals surface area contributed by atoms with Crippen LogP contribution in [-0.2, 0) is 0 Å². The molecule has 0 saturated heterocycles. The van der Waals surface area contributed by atoms with Gasteiger partial charge in [0.2, 0.25) is 0 Å². The van der Waals surface area contributed by atoms with Gasteiger partial charge in [-0.2, -0.15) is 0 Å². The number of hydrogen-bond acceptors (Lipinski definition) is 2. The molecule has 1 aliphatic rings. The second-order valence-electron chi connectivity index (χ2n) is 6.31. The summed E-state index contributed by atoms with van der Waals surface area (Å²) in [6.07, 6.45) is 7.73. The van der Waals surface area contributed by atoms with Crippen LogP contribution in [0.3, 0.4) is 0 Å². The van der Waals surface area contributed by atoms with Gasteiger partial charge < -0.3 is 10.6 Å². The van der Waals surface area contributed by atoms with Gasteiger partial charge in [-0.05, 0) is 63.1 Å². The van der Waals surface area contributed by atoms with E-state index in [2.05, 4.69) is 92.1 Å². The number of benzene rings is 2. The van der Waals surface area contributed by atoms with E-state index in [1.54, 1.807) is 0 Å². The molecule has 0 saturated carbocycles. The van der Waals surface area contributed by atoms with Crippen LogP contribution in [0, 0.1) is 13.8 Å². The Morgan fingerprint density at radius 2 is 1.65 bits per heavy atom. The maximum absolute atomic E-state index is 3.55. The second-order valence-corrected chi connectivity index (χ2v) is 6.31. The highest BCUT2D eigenvalue weighted by molar-refractivity contribution is 5.65. The smallest absolute Gasteiger partial charge is 0.0482 e. The number of aryl methyl sites for hydroxylation is 2. The molecule has 0 bridgehead atoms. The lowest BCUT2D eigenvalue weighted by Gasteiger charge is -2.18. The summed E-state index contributed by atoms with van der Waals surface area (Å²) in [6, 6.07) is 15.4. The highest BCUT2D eigenvalue weighted by Crippen LogP contribution is 2.23. The molecule has 1 aliphatic carbocycles. The minimum atomic E-state index is 0.386. The summed E-state index contributed by atoms with van der Waals surface area (Å²) in [5.41, 5.74) is 7.32. The summed E-state index contributed by atoms with van der Waals surface area (Å²) >= 11 is 0. The first-order chi connectivity index (χ1) is 11.1. The molecule has 2 aromatic carbocycles. The minimum absolute atomic E-state index is 0.386. The van der Waals surface area contributed by atoms with E-state index < -0.39 is 0 Å². The molecule has 1 unspecified atom stereocenters. The van der Waals surface area contributed by atoms with Crippen LogP contribution >= 0.6 is 0 Å². The van der Waals surface area contributed by atoms with Crippen molar-refractivity contribution in [2.75, 3.05) is 10.6 Å². The summed E-state index contributed by atoms with van der Waals surface area (Å²) in [5, 5.41) is 7.04. The molecule has 2 nitrogen and oxygen atoms in total. The molecule has 0 fully saturated rings. The average molecular weight is 304 g/mol. The van der Waals surface area contributed by atoms with Crippen molar-refractivity contribution in [2.24, 2.45) is 0 Å². The molecule has 0 spiro atoms. The zero-order valence-electron chi connectivity index (χ0n) is 14.1.